The number of rotatable bonds is 5. The fraction of sp³-hybridized carbons (Fsp3) is 0.550. The standard InChI is InChI=1S/C20H26N2O2S/c1-13(2)16-9-8-14(3)10-18(16)24-19(23)12-25-20-17-7-5-4-6-15(17)11-21-22-20/h4-7,11,13-14,16,18H,8-10,12H2,1-3H3. The first-order valence-electron chi connectivity index (χ1n) is 9.07. The summed E-state index contributed by atoms with van der Waals surface area (Å²) < 4.78 is 5.86. The van der Waals surface area contributed by atoms with Crippen LogP contribution in [0.1, 0.15) is 40.0 Å². The molecule has 3 rings (SSSR count). The molecule has 0 bridgehead atoms. The number of hydrogen-bond donors (Lipinski definition) is 0. The van der Waals surface area contributed by atoms with Crippen molar-refractivity contribution in [2.24, 2.45) is 17.8 Å². The van der Waals surface area contributed by atoms with Gasteiger partial charge in [-0.15, -0.1) is 5.10 Å². The van der Waals surface area contributed by atoms with Crippen LogP contribution in [0.2, 0.25) is 0 Å². The highest BCUT2D eigenvalue weighted by Gasteiger charge is 2.33. The van der Waals surface area contributed by atoms with E-state index in [0.717, 1.165) is 28.6 Å². The summed E-state index contributed by atoms with van der Waals surface area (Å²) in [5.74, 6) is 1.77. The number of thioether (sulfide) groups is 1. The van der Waals surface area contributed by atoms with Crippen LogP contribution in [0.5, 0.6) is 0 Å². The Morgan fingerprint density at radius 1 is 1.32 bits per heavy atom. The quantitative estimate of drug-likeness (QED) is 0.571. The summed E-state index contributed by atoms with van der Waals surface area (Å²) in [5, 5.41) is 11.1. The first kappa shape index (κ1) is 18.2. The zero-order chi connectivity index (χ0) is 17.8. The van der Waals surface area contributed by atoms with Crippen LogP contribution in [0.25, 0.3) is 10.8 Å². The molecule has 1 aromatic carbocycles. The van der Waals surface area contributed by atoms with E-state index < -0.39 is 0 Å². The highest BCUT2D eigenvalue weighted by Crippen LogP contribution is 2.35. The first-order chi connectivity index (χ1) is 12.0. The molecule has 2 aromatic rings. The molecule has 0 radical (unpaired) electrons. The average molecular weight is 359 g/mol. The number of benzene rings is 1. The van der Waals surface area contributed by atoms with Crippen molar-refractivity contribution in [3.05, 3.63) is 30.5 Å². The second-order valence-electron chi connectivity index (χ2n) is 7.38. The van der Waals surface area contributed by atoms with Crippen molar-refractivity contribution >= 4 is 28.5 Å². The number of fused-ring (bicyclic) bond motifs is 1. The van der Waals surface area contributed by atoms with Crippen LogP contribution in [0.4, 0.5) is 0 Å². The van der Waals surface area contributed by atoms with Gasteiger partial charge in [0.25, 0.3) is 0 Å². The van der Waals surface area contributed by atoms with E-state index in [1.54, 1.807) is 6.20 Å². The third kappa shape index (κ3) is 4.51. The Bertz CT molecular complexity index is 729. The Morgan fingerprint density at radius 3 is 2.92 bits per heavy atom. The van der Waals surface area contributed by atoms with Gasteiger partial charge in [-0.2, -0.15) is 5.10 Å². The lowest BCUT2D eigenvalue weighted by Gasteiger charge is -2.36. The van der Waals surface area contributed by atoms with Crippen molar-refractivity contribution in [1.82, 2.24) is 10.2 Å². The summed E-state index contributed by atoms with van der Waals surface area (Å²) in [6.07, 6.45) is 5.16. The summed E-state index contributed by atoms with van der Waals surface area (Å²) >= 11 is 1.41. The van der Waals surface area contributed by atoms with E-state index >= 15 is 0 Å². The lowest BCUT2D eigenvalue weighted by Crippen LogP contribution is -2.36. The number of esters is 1. The Balaban J connectivity index is 1.62. The van der Waals surface area contributed by atoms with Crippen LogP contribution in [0.3, 0.4) is 0 Å². The van der Waals surface area contributed by atoms with E-state index in [2.05, 4.69) is 31.0 Å². The van der Waals surface area contributed by atoms with Crippen molar-refractivity contribution in [3.8, 4) is 0 Å². The maximum Gasteiger partial charge on any atom is 0.316 e. The van der Waals surface area contributed by atoms with Crippen LogP contribution in [-0.4, -0.2) is 28.0 Å². The Morgan fingerprint density at radius 2 is 2.12 bits per heavy atom. The van der Waals surface area contributed by atoms with E-state index in [1.165, 1.54) is 18.2 Å². The van der Waals surface area contributed by atoms with Crippen LogP contribution in [0.15, 0.2) is 35.5 Å². The molecule has 0 amide bonds. The maximum absolute atomic E-state index is 12.4. The largest absolute Gasteiger partial charge is 0.461 e. The van der Waals surface area contributed by atoms with Gasteiger partial charge < -0.3 is 4.74 Å². The third-order valence-electron chi connectivity index (χ3n) is 5.11. The minimum Gasteiger partial charge on any atom is -0.461 e. The van der Waals surface area contributed by atoms with Crippen molar-refractivity contribution in [2.45, 2.75) is 51.2 Å². The van der Waals surface area contributed by atoms with Gasteiger partial charge in [-0.05, 0) is 30.6 Å². The molecule has 0 N–H and O–H groups in total. The predicted octanol–water partition coefficient (Wildman–Crippen LogP) is 4.73. The second kappa shape index (κ2) is 8.17. The van der Waals surface area contributed by atoms with Crippen molar-refractivity contribution in [2.75, 3.05) is 5.75 Å². The van der Waals surface area contributed by atoms with Crippen LogP contribution in [-0.2, 0) is 9.53 Å². The zero-order valence-electron chi connectivity index (χ0n) is 15.1. The van der Waals surface area contributed by atoms with Gasteiger partial charge >= 0.3 is 5.97 Å². The molecule has 1 aliphatic rings. The number of hydrogen-bond acceptors (Lipinski definition) is 5. The smallest absolute Gasteiger partial charge is 0.316 e. The van der Waals surface area contributed by atoms with Gasteiger partial charge in [0, 0.05) is 10.8 Å². The molecule has 0 aliphatic heterocycles. The van der Waals surface area contributed by atoms with Crippen LogP contribution in [0, 0.1) is 17.8 Å². The SMILES string of the molecule is CC1CCC(C(C)C)C(OC(=O)CSc2nncc3ccccc23)C1. The Labute approximate surface area is 153 Å². The second-order valence-corrected chi connectivity index (χ2v) is 8.34. The number of carbonyl (C=O) groups excluding carboxylic acids is 1. The molecule has 1 fully saturated rings. The number of carbonyl (C=O) groups is 1. The van der Waals surface area contributed by atoms with Gasteiger partial charge in [0.2, 0.25) is 0 Å². The summed E-state index contributed by atoms with van der Waals surface area (Å²) in [4.78, 5) is 12.4. The minimum atomic E-state index is -0.149. The van der Waals surface area contributed by atoms with Gasteiger partial charge in [0.1, 0.15) is 11.1 Å². The molecule has 5 heteroatoms. The molecular weight excluding hydrogens is 332 g/mol. The molecule has 1 heterocycles. The monoisotopic (exact) mass is 358 g/mol. The fourth-order valence-electron chi connectivity index (χ4n) is 3.69. The number of nitrogens with zero attached hydrogens (tertiary/aromatic N) is 2. The van der Waals surface area contributed by atoms with Gasteiger partial charge in [-0.25, -0.2) is 0 Å². The average Bonchev–Trinajstić information content (AvgIpc) is 2.59. The van der Waals surface area contributed by atoms with Crippen molar-refractivity contribution in [1.29, 1.82) is 0 Å². The molecular formula is C20H26N2O2S. The topological polar surface area (TPSA) is 52.1 Å². The van der Waals surface area contributed by atoms with Gasteiger partial charge in [0.15, 0.2) is 0 Å². The van der Waals surface area contributed by atoms with E-state index in [1.807, 2.05) is 24.3 Å². The summed E-state index contributed by atoms with van der Waals surface area (Å²) in [7, 11) is 0. The van der Waals surface area contributed by atoms with E-state index in [4.69, 9.17) is 4.74 Å². The molecule has 1 aromatic heterocycles. The van der Waals surface area contributed by atoms with E-state index in [0.29, 0.717) is 17.8 Å². The molecule has 1 aliphatic carbocycles. The summed E-state index contributed by atoms with van der Waals surface area (Å²) in [6.45, 7) is 6.70. The number of aromatic nitrogens is 2. The molecule has 4 nitrogen and oxygen atoms in total. The molecule has 0 saturated heterocycles. The molecule has 0 spiro atoms. The number of ether oxygens (including phenoxy) is 1. The van der Waals surface area contributed by atoms with E-state index in [-0.39, 0.29) is 17.8 Å². The van der Waals surface area contributed by atoms with Crippen LogP contribution < -0.4 is 0 Å². The third-order valence-corrected chi connectivity index (χ3v) is 6.06. The normalized spacial score (nSPS) is 23.8. The Hall–Kier alpha value is -1.62. The highest BCUT2D eigenvalue weighted by atomic mass is 32.2. The lowest BCUT2D eigenvalue weighted by molar-refractivity contribution is -0.152. The minimum absolute atomic E-state index is 0.0513. The molecule has 3 unspecified atom stereocenters. The highest BCUT2D eigenvalue weighted by molar-refractivity contribution is 8.00. The Kier molecular flexibility index (Phi) is 5.94. The summed E-state index contributed by atoms with van der Waals surface area (Å²) in [5.41, 5.74) is 0. The zero-order valence-corrected chi connectivity index (χ0v) is 16.0. The van der Waals surface area contributed by atoms with Gasteiger partial charge in [-0.3, -0.25) is 4.79 Å². The maximum atomic E-state index is 12.4. The fourth-order valence-corrected chi connectivity index (χ4v) is 4.46. The first-order valence-corrected chi connectivity index (χ1v) is 10.1. The molecule has 1 saturated carbocycles. The van der Waals surface area contributed by atoms with E-state index in [9.17, 15) is 4.79 Å². The lowest BCUT2D eigenvalue weighted by atomic mass is 9.75. The molecule has 134 valence electrons. The van der Waals surface area contributed by atoms with Crippen molar-refractivity contribution < 1.29 is 9.53 Å². The van der Waals surface area contributed by atoms with Gasteiger partial charge in [0.05, 0.1) is 11.9 Å². The van der Waals surface area contributed by atoms with Crippen LogP contribution >= 0.6 is 11.8 Å². The molecule has 25 heavy (non-hydrogen) atoms. The van der Waals surface area contributed by atoms with Crippen molar-refractivity contribution in [3.63, 3.8) is 0 Å². The molecule has 3 atom stereocenters. The van der Waals surface area contributed by atoms with Gasteiger partial charge in [-0.1, -0.05) is 63.2 Å². The predicted molar refractivity (Wildman–Crippen MR) is 101 cm³/mol. The summed E-state index contributed by atoms with van der Waals surface area (Å²) in [6, 6.07) is 7.96.